The van der Waals surface area contributed by atoms with Gasteiger partial charge in [-0.25, -0.2) is 0 Å². The predicted octanol–water partition coefficient (Wildman–Crippen LogP) is 4.21. The third-order valence-electron chi connectivity index (χ3n) is 4.18. The van der Waals surface area contributed by atoms with Crippen LogP contribution in [0.2, 0.25) is 0 Å². The number of para-hydroxylation sites is 1. The first-order chi connectivity index (χ1) is 11.6. The Morgan fingerprint density at radius 1 is 1.04 bits per heavy atom. The second-order valence-electron chi connectivity index (χ2n) is 6.13. The van der Waals surface area contributed by atoms with Gasteiger partial charge in [-0.1, -0.05) is 48.5 Å². The summed E-state index contributed by atoms with van der Waals surface area (Å²) < 4.78 is 0. The lowest BCUT2D eigenvalue weighted by atomic mass is 10.0. The zero-order valence-corrected chi connectivity index (χ0v) is 14.2. The van der Waals surface area contributed by atoms with Crippen LogP contribution in [0.4, 0.5) is 0 Å². The molecule has 0 atom stereocenters. The van der Waals surface area contributed by atoms with E-state index in [1.165, 1.54) is 5.56 Å². The van der Waals surface area contributed by atoms with Crippen molar-refractivity contribution in [2.45, 2.75) is 26.7 Å². The maximum atomic E-state index is 12.6. The van der Waals surface area contributed by atoms with Crippen LogP contribution in [0.3, 0.4) is 0 Å². The summed E-state index contributed by atoms with van der Waals surface area (Å²) in [5.41, 5.74) is 4.88. The monoisotopic (exact) mass is 318 g/mol. The van der Waals surface area contributed by atoms with Crippen molar-refractivity contribution in [2.24, 2.45) is 0 Å². The number of pyridine rings is 1. The lowest BCUT2D eigenvalue weighted by molar-refractivity contribution is 0.0954. The van der Waals surface area contributed by atoms with Crippen molar-refractivity contribution in [2.75, 3.05) is 6.54 Å². The van der Waals surface area contributed by atoms with Crippen LogP contribution in [0.1, 0.15) is 33.6 Å². The third-order valence-corrected chi connectivity index (χ3v) is 4.18. The summed E-state index contributed by atoms with van der Waals surface area (Å²) in [7, 11) is 0. The number of fused-ring (bicyclic) bond motifs is 1. The summed E-state index contributed by atoms with van der Waals surface area (Å²) in [4.78, 5) is 17.2. The van der Waals surface area contributed by atoms with Crippen molar-refractivity contribution in [3.8, 4) is 0 Å². The highest BCUT2D eigenvalue weighted by molar-refractivity contribution is 6.06. The average molecular weight is 318 g/mol. The molecule has 2 aromatic carbocycles. The zero-order valence-electron chi connectivity index (χ0n) is 14.2. The largest absolute Gasteiger partial charge is 0.352 e. The Morgan fingerprint density at radius 3 is 2.62 bits per heavy atom. The maximum Gasteiger partial charge on any atom is 0.252 e. The molecule has 0 saturated carbocycles. The first-order valence-electron chi connectivity index (χ1n) is 8.34. The number of carbonyl (C=O) groups is 1. The van der Waals surface area contributed by atoms with E-state index >= 15 is 0 Å². The van der Waals surface area contributed by atoms with Gasteiger partial charge in [0.05, 0.1) is 11.1 Å². The van der Waals surface area contributed by atoms with Crippen molar-refractivity contribution in [1.82, 2.24) is 10.3 Å². The molecule has 0 radical (unpaired) electrons. The van der Waals surface area contributed by atoms with E-state index in [0.717, 1.165) is 35.0 Å². The van der Waals surface area contributed by atoms with Gasteiger partial charge in [-0.3, -0.25) is 9.78 Å². The Morgan fingerprint density at radius 2 is 1.83 bits per heavy atom. The van der Waals surface area contributed by atoms with Gasteiger partial charge in [0.2, 0.25) is 0 Å². The van der Waals surface area contributed by atoms with E-state index in [-0.39, 0.29) is 5.91 Å². The number of nitrogens with one attached hydrogen (secondary N) is 1. The molecule has 3 heteroatoms. The summed E-state index contributed by atoms with van der Waals surface area (Å²) in [6.45, 7) is 4.62. The Bertz CT molecular complexity index is 856. The van der Waals surface area contributed by atoms with Crippen LogP contribution in [-0.4, -0.2) is 17.4 Å². The molecule has 1 N–H and O–H groups in total. The summed E-state index contributed by atoms with van der Waals surface area (Å²) in [6, 6.07) is 18.2. The SMILES string of the molecule is Cc1cc(C(=O)NCCCc2ccccc2)c2cccc(C)c2n1. The maximum absolute atomic E-state index is 12.6. The van der Waals surface area contributed by atoms with Crippen molar-refractivity contribution < 1.29 is 4.79 Å². The number of aryl methyl sites for hydroxylation is 3. The lowest BCUT2D eigenvalue weighted by Gasteiger charge is -2.10. The molecule has 3 nitrogen and oxygen atoms in total. The summed E-state index contributed by atoms with van der Waals surface area (Å²) in [5.74, 6) is -0.0239. The summed E-state index contributed by atoms with van der Waals surface area (Å²) in [5, 5.41) is 3.96. The average Bonchev–Trinajstić information content (AvgIpc) is 2.59. The van der Waals surface area contributed by atoms with Gasteiger partial charge < -0.3 is 5.32 Å². The van der Waals surface area contributed by atoms with E-state index in [1.807, 2.05) is 56.3 Å². The van der Waals surface area contributed by atoms with Crippen molar-refractivity contribution in [3.05, 3.63) is 77.0 Å². The van der Waals surface area contributed by atoms with E-state index in [2.05, 4.69) is 22.4 Å². The molecule has 0 aliphatic carbocycles. The quantitative estimate of drug-likeness (QED) is 0.716. The molecule has 0 spiro atoms. The molecule has 3 aromatic rings. The molecule has 0 aliphatic heterocycles. The van der Waals surface area contributed by atoms with Crippen LogP contribution >= 0.6 is 0 Å². The molecule has 0 saturated heterocycles. The number of hydrogen-bond acceptors (Lipinski definition) is 2. The fourth-order valence-electron chi connectivity index (χ4n) is 2.94. The minimum absolute atomic E-state index is 0.0239. The van der Waals surface area contributed by atoms with Crippen LogP contribution in [0, 0.1) is 13.8 Å². The van der Waals surface area contributed by atoms with Gasteiger partial charge in [-0.2, -0.15) is 0 Å². The second kappa shape index (κ2) is 7.26. The highest BCUT2D eigenvalue weighted by Gasteiger charge is 2.12. The number of hydrogen-bond donors (Lipinski definition) is 1. The van der Waals surface area contributed by atoms with Crippen LogP contribution in [-0.2, 0) is 6.42 Å². The van der Waals surface area contributed by atoms with Crippen LogP contribution in [0.5, 0.6) is 0 Å². The number of amides is 1. The van der Waals surface area contributed by atoms with Gasteiger partial charge in [-0.15, -0.1) is 0 Å². The molecule has 1 heterocycles. The van der Waals surface area contributed by atoms with E-state index < -0.39 is 0 Å². The normalized spacial score (nSPS) is 10.8. The Labute approximate surface area is 142 Å². The second-order valence-corrected chi connectivity index (χ2v) is 6.13. The standard InChI is InChI=1S/C21H22N2O/c1-15-8-6-12-18-19(14-16(2)23-20(15)18)21(24)22-13-7-11-17-9-4-3-5-10-17/h3-6,8-10,12,14H,7,11,13H2,1-2H3,(H,22,24). The smallest absolute Gasteiger partial charge is 0.252 e. The number of benzene rings is 2. The van der Waals surface area contributed by atoms with Gasteiger partial charge in [0.1, 0.15) is 0 Å². The molecule has 3 rings (SSSR count). The van der Waals surface area contributed by atoms with Gasteiger partial charge in [0.25, 0.3) is 5.91 Å². The van der Waals surface area contributed by atoms with Crippen molar-refractivity contribution in [3.63, 3.8) is 0 Å². The van der Waals surface area contributed by atoms with Gasteiger partial charge in [0, 0.05) is 17.6 Å². The van der Waals surface area contributed by atoms with Crippen LogP contribution in [0.15, 0.2) is 54.6 Å². The van der Waals surface area contributed by atoms with Crippen LogP contribution in [0.25, 0.3) is 10.9 Å². The molecular formula is C21H22N2O. The lowest BCUT2D eigenvalue weighted by Crippen LogP contribution is -2.25. The molecule has 0 fully saturated rings. The van der Waals surface area contributed by atoms with Crippen LogP contribution < -0.4 is 5.32 Å². The number of rotatable bonds is 5. The molecule has 0 unspecified atom stereocenters. The zero-order chi connectivity index (χ0) is 16.9. The highest BCUT2D eigenvalue weighted by atomic mass is 16.1. The Kier molecular flexibility index (Phi) is 4.90. The molecule has 0 bridgehead atoms. The summed E-state index contributed by atoms with van der Waals surface area (Å²) in [6.07, 6.45) is 1.90. The van der Waals surface area contributed by atoms with Crippen molar-refractivity contribution >= 4 is 16.8 Å². The highest BCUT2D eigenvalue weighted by Crippen LogP contribution is 2.21. The molecule has 0 aliphatic rings. The van der Waals surface area contributed by atoms with Gasteiger partial charge >= 0.3 is 0 Å². The molecule has 122 valence electrons. The van der Waals surface area contributed by atoms with E-state index in [9.17, 15) is 4.79 Å². The third kappa shape index (κ3) is 3.62. The fourth-order valence-corrected chi connectivity index (χ4v) is 2.94. The van der Waals surface area contributed by atoms with Gasteiger partial charge in [0.15, 0.2) is 0 Å². The summed E-state index contributed by atoms with van der Waals surface area (Å²) >= 11 is 0. The Hall–Kier alpha value is -2.68. The van der Waals surface area contributed by atoms with E-state index in [4.69, 9.17) is 0 Å². The Balaban J connectivity index is 1.69. The van der Waals surface area contributed by atoms with Gasteiger partial charge in [-0.05, 0) is 43.9 Å². The minimum atomic E-state index is -0.0239. The number of aromatic nitrogens is 1. The number of carbonyl (C=O) groups excluding carboxylic acids is 1. The first-order valence-corrected chi connectivity index (χ1v) is 8.34. The molecule has 24 heavy (non-hydrogen) atoms. The van der Waals surface area contributed by atoms with Crippen molar-refractivity contribution in [1.29, 1.82) is 0 Å². The molecule has 1 aromatic heterocycles. The molecular weight excluding hydrogens is 296 g/mol. The number of nitrogens with zero attached hydrogens (tertiary/aromatic N) is 1. The predicted molar refractivity (Wildman–Crippen MR) is 98.3 cm³/mol. The van der Waals surface area contributed by atoms with E-state index in [0.29, 0.717) is 12.1 Å². The minimum Gasteiger partial charge on any atom is -0.352 e. The first kappa shape index (κ1) is 16.2. The topological polar surface area (TPSA) is 42.0 Å². The fraction of sp³-hybridized carbons (Fsp3) is 0.238. The molecule has 1 amide bonds. The van der Waals surface area contributed by atoms with E-state index in [1.54, 1.807) is 0 Å².